The van der Waals surface area contributed by atoms with Crippen LogP contribution in [-0.4, -0.2) is 64.4 Å². The first-order chi connectivity index (χ1) is 14.4. The molecule has 0 saturated heterocycles. The van der Waals surface area contributed by atoms with Gasteiger partial charge >= 0.3 is 0 Å². The number of hydrogen-bond acceptors (Lipinski definition) is 7. The molecule has 158 valence electrons. The van der Waals surface area contributed by atoms with Gasteiger partial charge in [-0.15, -0.1) is 0 Å². The highest BCUT2D eigenvalue weighted by Crippen LogP contribution is 2.47. The number of nitrogens with one attached hydrogen (secondary N) is 1. The minimum absolute atomic E-state index is 0.0665. The number of benzene rings is 2. The molecule has 2 aromatic carbocycles. The summed E-state index contributed by atoms with van der Waals surface area (Å²) in [5.74, 6) is -0.548. The number of nitrogens with two attached hydrogens (primary N) is 1. The highest BCUT2D eigenvalue weighted by molar-refractivity contribution is 6.29. The number of carbonyl (C=O) groups excluding carboxylic acids is 1. The average Bonchev–Trinajstić information content (AvgIpc) is 3.07. The number of ketones is 1. The average molecular weight is 409 g/mol. The number of fused-ring (bicyclic) bond motifs is 2. The largest absolute Gasteiger partial charge is 0.507 e. The van der Waals surface area contributed by atoms with Crippen LogP contribution in [0, 0.1) is 0 Å². The van der Waals surface area contributed by atoms with Crippen molar-refractivity contribution >= 4 is 22.4 Å². The van der Waals surface area contributed by atoms with Crippen molar-refractivity contribution in [2.24, 2.45) is 5.73 Å². The molecule has 3 aromatic rings. The Morgan fingerprint density at radius 1 is 1.07 bits per heavy atom. The first kappa shape index (κ1) is 20.2. The fourth-order valence-electron chi connectivity index (χ4n) is 4.04. The summed E-state index contributed by atoms with van der Waals surface area (Å²) >= 11 is 0. The Labute approximate surface area is 174 Å². The lowest BCUT2D eigenvalue weighted by Crippen LogP contribution is -2.15. The molecule has 8 heteroatoms. The molecule has 1 aliphatic rings. The zero-order chi connectivity index (χ0) is 21.4. The third kappa shape index (κ3) is 3.28. The lowest BCUT2D eigenvalue weighted by atomic mass is 9.85. The molecule has 30 heavy (non-hydrogen) atoms. The van der Waals surface area contributed by atoms with Crippen LogP contribution in [0.25, 0.3) is 22.2 Å². The molecule has 1 aromatic heterocycles. The summed E-state index contributed by atoms with van der Waals surface area (Å²) in [6.45, 7) is 2.76. The molecule has 0 fully saturated rings. The van der Waals surface area contributed by atoms with E-state index in [0.29, 0.717) is 47.5 Å². The second kappa shape index (κ2) is 7.97. The maximum atomic E-state index is 13.5. The summed E-state index contributed by atoms with van der Waals surface area (Å²) in [5.41, 5.74) is 8.51. The van der Waals surface area contributed by atoms with Crippen LogP contribution in [0.1, 0.15) is 28.8 Å². The summed E-state index contributed by atoms with van der Waals surface area (Å²) in [7, 11) is 4.04. The van der Waals surface area contributed by atoms with Gasteiger partial charge in [0.05, 0.1) is 22.2 Å². The number of carbonyl (C=O) groups is 1. The molecule has 0 aliphatic heterocycles. The van der Waals surface area contributed by atoms with E-state index in [9.17, 15) is 15.0 Å². The van der Waals surface area contributed by atoms with Gasteiger partial charge in [0.15, 0.2) is 5.78 Å². The van der Waals surface area contributed by atoms with E-state index >= 15 is 0 Å². The van der Waals surface area contributed by atoms with Gasteiger partial charge in [-0.1, -0.05) is 0 Å². The number of aryl methyl sites for hydroxylation is 1. The molecule has 0 radical (unpaired) electrons. The van der Waals surface area contributed by atoms with Gasteiger partial charge < -0.3 is 26.2 Å². The van der Waals surface area contributed by atoms with E-state index in [-0.39, 0.29) is 22.8 Å². The Morgan fingerprint density at radius 3 is 2.50 bits per heavy atom. The molecule has 4 rings (SSSR count). The van der Waals surface area contributed by atoms with Crippen molar-refractivity contribution in [2.45, 2.75) is 19.4 Å². The molecule has 0 unspecified atom stereocenters. The van der Waals surface area contributed by atoms with E-state index in [2.05, 4.69) is 10.2 Å². The van der Waals surface area contributed by atoms with E-state index in [1.807, 2.05) is 30.9 Å². The van der Waals surface area contributed by atoms with Gasteiger partial charge in [0.1, 0.15) is 17.2 Å². The minimum atomic E-state index is -0.320. The Bertz CT molecular complexity index is 1120. The summed E-state index contributed by atoms with van der Waals surface area (Å²) in [6.07, 6.45) is 1.66. The number of nitrogens with zero attached hydrogens (tertiary/aromatic N) is 3. The lowest BCUT2D eigenvalue weighted by Gasteiger charge is -2.20. The predicted octanol–water partition coefficient (Wildman–Crippen LogP) is 2.37. The predicted molar refractivity (Wildman–Crippen MR) is 117 cm³/mol. The first-order valence-electron chi connectivity index (χ1n) is 10.2. The van der Waals surface area contributed by atoms with Crippen LogP contribution in [0.5, 0.6) is 11.5 Å². The summed E-state index contributed by atoms with van der Waals surface area (Å²) in [6, 6.07) is 6.57. The maximum absolute atomic E-state index is 13.5. The molecule has 8 nitrogen and oxygen atoms in total. The zero-order valence-corrected chi connectivity index (χ0v) is 17.3. The lowest BCUT2D eigenvalue weighted by molar-refractivity contribution is 0.103. The molecule has 0 atom stereocenters. The van der Waals surface area contributed by atoms with E-state index < -0.39 is 0 Å². The van der Waals surface area contributed by atoms with E-state index in [4.69, 9.17) is 10.8 Å². The number of rotatable bonds is 8. The van der Waals surface area contributed by atoms with Crippen molar-refractivity contribution in [2.75, 3.05) is 39.0 Å². The Morgan fingerprint density at radius 2 is 1.80 bits per heavy atom. The number of hydrogen-bond donors (Lipinski definition) is 4. The van der Waals surface area contributed by atoms with Gasteiger partial charge in [0.25, 0.3) is 0 Å². The topological polar surface area (TPSA) is 117 Å². The van der Waals surface area contributed by atoms with Crippen molar-refractivity contribution in [1.29, 1.82) is 0 Å². The van der Waals surface area contributed by atoms with Crippen molar-refractivity contribution < 1.29 is 15.0 Å². The van der Waals surface area contributed by atoms with Crippen LogP contribution in [0.4, 0.5) is 5.69 Å². The van der Waals surface area contributed by atoms with Gasteiger partial charge in [-0.3, -0.25) is 9.48 Å². The van der Waals surface area contributed by atoms with E-state index in [0.717, 1.165) is 24.9 Å². The quantitative estimate of drug-likeness (QED) is 0.261. The smallest absolute Gasteiger partial charge is 0.200 e. The Hall–Kier alpha value is -3.10. The Balaban J connectivity index is 1.92. The number of phenolic OH excluding ortho intramolecular Hbond substituents is 2. The number of aromatic nitrogens is 2. The van der Waals surface area contributed by atoms with Gasteiger partial charge in [0, 0.05) is 24.2 Å². The van der Waals surface area contributed by atoms with Crippen molar-refractivity contribution in [3.63, 3.8) is 0 Å². The van der Waals surface area contributed by atoms with Crippen LogP contribution in [0.15, 0.2) is 24.3 Å². The number of aromatic hydroxyl groups is 2. The van der Waals surface area contributed by atoms with Crippen LogP contribution in [0.3, 0.4) is 0 Å². The number of phenols is 2. The van der Waals surface area contributed by atoms with Crippen LogP contribution in [0.2, 0.25) is 0 Å². The fourth-order valence-corrected chi connectivity index (χ4v) is 4.04. The summed E-state index contributed by atoms with van der Waals surface area (Å²) < 4.78 is 1.88. The van der Waals surface area contributed by atoms with Crippen LogP contribution >= 0.6 is 0 Å². The van der Waals surface area contributed by atoms with Gasteiger partial charge in [0.2, 0.25) is 0 Å². The fraction of sp³-hybridized carbons (Fsp3) is 0.364. The summed E-state index contributed by atoms with van der Waals surface area (Å²) in [5, 5.41) is 29.7. The van der Waals surface area contributed by atoms with E-state index in [1.54, 1.807) is 0 Å². The molecule has 0 saturated carbocycles. The second-order valence-electron chi connectivity index (χ2n) is 7.86. The van der Waals surface area contributed by atoms with Gasteiger partial charge in [-0.25, -0.2) is 0 Å². The Kier molecular flexibility index (Phi) is 5.36. The highest BCUT2D eigenvalue weighted by Gasteiger charge is 2.35. The van der Waals surface area contributed by atoms with Crippen molar-refractivity contribution in [3.05, 3.63) is 35.4 Å². The standard InChI is InChI=1S/C22H27N5O3/c1-26(2)11-4-12-27-14-6-5-13(24-10-3-9-23)17-18(14)21(25-27)19-15(28)7-8-16(29)20(19)22(17)30/h5-8,24,28-29H,3-4,9-12,23H2,1-2H3. The molecule has 0 bridgehead atoms. The first-order valence-corrected chi connectivity index (χ1v) is 10.2. The van der Waals surface area contributed by atoms with E-state index in [1.165, 1.54) is 12.1 Å². The maximum Gasteiger partial charge on any atom is 0.200 e. The SMILES string of the molecule is CN(C)CCCn1nc2c3c(c(NCCCN)ccc31)C(=O)c1c(O)ccc(O)c1-2. The van der Waals surface area contributed by atoms with Gasteiger partial charge in [-0.05, 0) is 64.3 Å². The van der Waals surface area contributed by atoms with Crippen LogP contribution < -0.4 is 11.1 Å². The highest BCUT2D eigenvalue weighted by atomic mass is 16.3. The van der Waals surface area contributed by atoms with Crippen LogP contribution in [-0.2, 0) is 6.54 Å². The van der Waals surface area contributed by atoms with Gasteiger partial charge in [-0.2, -0.15) is 5.10 Å². The second-order valence-corrected chi connectivity index (χ2v) is 7.86. The van der Waals surface area contributed by atoms with Crippen molar-refractivity contribution in [1.82, 2.24) is 14.7 Å². The molecule has 0 amide bonds. The molecule has 1 aliphatic carbocycles. The molecular weight excluding hydrogens is 382 g/mol. The number of anilines is 1. The monoisotopic (exact) mass is 409 g/mol. The minimum Gasteiger partial charge on any atom is -0.507 e. The van der Waals surface area contributed by atoms with Crippen molar-refractivity contribution in [3.8, 4) is 22.8 Å². The third-order valence-electron chi connectivity index (χ3n) is 5.44. The molecule has 5 N–H and O–H groups in total. The third-order valence-corrected chi connectivity index (χ3v) is 5.44. The molecule has 1 heterocycles. The molecular formula is C22H27N5O3. The normalized spacial score (nSPS) is 12.6. The summed E-state index contributed by atoms with van der Waals surface area (Å²) in [4.78, 5) is 15.6. The molecule has 0 spiro atoms. The zero-order valence-electron chi connectivity index (χ0n) is 17.3.